The van der Waals surface area contributed by atoms with Crippen molar-refractivity contribution in [2.45, 2.75) is 50.2 Å². The van der Waals surface area contributed by atoms with E-state index < -0.39 is 27.9 Å². The molecule has 0 fully saturated rings. The number of sulfonamides is 1. The zero-order chi connectivity index (χ0) is 15.6. The average molecular weight is 323 g/mol. The van der Waals surface area contributed by atoms with Crippen LogP contribution in [-0.4, -0.2) is 26.3 Å². The highest BCUT2D eigenvalue weighted by molar-refractivity contribution is 7.91. The van der Waals surface area contributed by atoms with Crippen LogP contribution < -0.4 is 4.72 Å². The summed E-state index contributed by atoms with van der Waals surface area (Å²) in [7, 11) is -3.72. The van der Waals surface area contributed by atoms with Gasteiger partial charge < -0.3 is 4.74 Å². The van der Waals surface area contributed by atoms with E-state index in [9.17, 15) is 17.6 Å². The van der Waals surface area contributed by atoms with Crippen molar-refractivity contribution in [1.29, 1.82) is 0 Å². The molecule has 0 aliphatic rings. The van der Waals surface area contributed by atoms with Gasteiger partial charge in [-0.1, -0.05) is 0 Å². The Labute approximate surface area is 122 Å². The monoisotopic (exact) mass is 323 g/mol. The van der Waals surface area contributed by atoms with Gasteiger partial charge >= 0.3 is 5.97 Å². The lowest BCUT2D eigenvalue weighted by atomic mass is 10.1. The molecule has 20 heavy (non-hydrogen) atoms. The highest BCUT2D eigenvalue weighted by Crippen LogP contribution is 2.26. The Balaban J connectivity index is 2.94. The SMILES string of the molecule is CC(=O)OC(F)Cc1ccsc1S(=O)(=O)NC(C)(C)C. The van der Waals surface area contributed by atoms with Crippen LogP contribution >= 0.6 is 11.3 Å². The molecule has 0 bridgehead atoms. The van der Waals surface area contributed by atoms with Crippen molar-refractivity contribution in [2.24, 2.45) is 0 Å². The predicted molar refractivity (Wildman–Crippen MR) is 74.8 cm³/mol. The lowest BCUT2D eigenvalue weighted by Gasteiger charge is -2.20. The largest absolute Gasteiger partial charge is 0.431 e. The number of alkyl halides is 1. The van der Waals surface area contributed by atoms with Gasteiger partial charge in [-0.3, -0.25) is 4.79 Å². The molecule has 0 saturated heterocycles. The van der Waals surface area contributed by atoms with Gasteiger partial charge in [-0.2, -0.15) is 0 Å². The van der Waals surface area contributed by atoms with E-state index >= 15 is 0 Å². The fourth-order valence-corrected chi connectivity index (χ4v) is 4.41. The molecule has 114 valence electrons. The number of hydrogen-bond acceptors (Lipinski definition) is 5. The average Bonchev–Trinajstić information content (AvgIpc) is 2.60. The molecule has 1 heterocycles. The van der Waals surface area contributed by atoms with Crippen LogP contribution in [0.5, 0.6) is 0 Å². The first-order chi connectivity index (χ1) is 9.01. The number of hydrogen-bond donors (Lipinski definition) is 1. The summed E-state index contributed by atoms with van der Waals surface area (Å²) in [5, 5.41) is 1.56. The number of esters is 1. The van der Waals surface area contributed by atoms with E-state index in [1.807, 2.05) is 0 Å². The summed E-state index contributed by atoms with van der Waals surface area (Å²) in [5.74, 6) is -0.745. The van der Waals surface area contributed by atoms with Crippen molar-refractivity contribution in [3.05, 3.63) is 17.0 Å². The van der Waals surface area contributed by atoms with Gasteiger partial charge in [0.25, 0.3) is 10.0 Å². The number of carbonyl (C=O) groups excluding carboxylic acids is 1. The first kappa shape index (κ1) is 17.1. The minimum Gasteiger partial charge on any atom is -0.431 e. The number of carbonyl (C=O) groups is 1. The molecule has 1 atom stereocenters. The van der Waals surface area contributed by atoms with Gasteiger partial charge in [0.1, 0.15) is 4.21 Å². The Morgan fingerprint density at radius 2 is 2.10 bits per heavy atom. The van der Waals surface area contributed by atoms with Crippen molar-refractivity contribution < 1.29 is 22.3 Å². The molecule has 1 unspecified atom stereocenters. The van der Waals surface area contributed by atoms with E-state index in [2.05, 4.69) is 9.46 Å². The van der Waals surface area contributed by atoms with Crippen molar-refractivity contribution >= 4 is 27.3 Å². The maximum atomic E-state index is 13.5. The summed E-state index contributed by atoms with van der Waals surface area (Å²) in [5.41, 5.74) is -0.342. The fraction of sp³-hybridized carbons (Fsp3) is 0.583. The Hall–Kier alpha value is -0.990. The van der Waals surface area contributed by atoms with E-state index in [1.165, 1.54) is 6.07 Å². The summed E-state index contributed by atoms with van der Waals surface area (Å²) in [6, 6.07) is 1.51. The number of ether oxygens (including phenoxy) is 1. The Morgan fingerprint density at radius 3 is 2.60 bits per heavy atom. The van der Waals surface area contributed by atoms with Crippen molar-refractivity contribution in [2.75, 3.05) is 0 Å². The van der Waals surface area contributed by atoms with Gasteiger partial charge in [0.05, 0.1) is 0 Å². The van der Waals surface area contributed by atoms with Gasteiger partial charge in [-0.15, -0.1) is 11.3 Å². The van der Waals surface area contributed by atoms with Crippen LogP contribution in [0, 0.1) is 0 Å². The molecule has 1 aromatic rings. The second-order valence-corrected chi connectivity index (χ2v) is 8.11. The molecule has 5 nitrogen and oxygen atoms in total. The summed E-state index contributed by atoms with van der Waals surface area (Å²) >= 11 is 1.00. The van der Waals surface area contributed by atoms with E-state index in [1.54, 1.807) is 26.2 Å². The molecule has 1 aromatic heterocycles. The highest BCUT2D eigenvalue weighted by Gasteiger charge is 2.27. The quantitative estimate of drug-likeness (QED) is 0.843. The van der Waals surface area contributed by atoms with Crippen molar-refractivity contribution in [1.82, 2.24) is 4.72 Å². The number of thiophene rings is 1. The fourth-order valence-electron chi connectivity index (χ4n) is 1.55. The molecular weight excluding hydrogens is 305 g/mol. The minimum atomic E-state index is -3.72. The van der Waals surface area contributed by atoms with E-state index in [-0.39, 0.29) is 10.6 Å². The number of halogens is 1. The van der Waals surface area contributed by atoms with Gasteiger partial charge in [0.15, 0.2) is 0 Å². The Morgan fingerprint density at radius 1 is 1.50 bits per heavy atom. The summed E-state index contributed by atoms with van der Waals surface area (Å²) in [6.07, 6.45) is -2.14. The van der Waals surface area contributed by atoms with Gasteiger partial charge in [0.2, 0.25) is 6.36 Å². The van der Waals surface area contributed by atoms with Crippen LogP contribution in [0.1, 0.15) is 33.3 Å². The summed E-state index contributed by atoms with van der Waals surface area (Å²) in [6.45, 7) is 6.25. The third-order valence-electron chi connectivity index (χ3n) is 2.07. The molecule has 8 heteroatoms. The maximum absolute atomic E-state index is 13.5. The summed E-state index contributed by atoms with van der Waals surface area (Å²) in [4.78, 5) is 10.7. The van der Waals surface area contributed by atoms with Crippen molar-refractivity contribution in [3.8, 4) is 0 Å². The van der Waals surface area contributed by atoms with Crippen LogP contribution in [0.15, 0.2) is 15.7 Å². The smallest absolute Gasteiger partial charge is 0.305 e. The van der Waals surface area contributed by atoms with Gasteiger partial charge in [-0.25, -0.2) is 17.5 Å². The Kier molecular flexibility index (Phi) is 5.28. The molecule has 1 N–H and O–H groups in total. The normalized spacial score (nSPS) is 14.1. The van der Waals surface area contributed by atoms with E-state index in [0.29, 0.717) is 5.56 Å². The molecular formula is C12H18FNO4S2. The highest BCUT2D eigenvalue weighted by atomic mass is 32.2. The van der Waals surface area contributed by atoms with E-state index in [4.69, 9.17) is 0 Å². The zero-order valence-corrected chi connectivity index (χ0v) is 13.4. The standard InChI is InChI=1S/C12H18FNO4S2/c1-8(15)18-10(13)7-9-5-6-19-11(9)20(16,17)14-12(2,3)4/h5-6,10,14H,7H2,1-4H3. The van der Waals surface area contributed by atoms with Crippen LogP contribution in [0.3, 0.4) is 0 Å². The Bertz CT molecular complexity index is 575. The number of rotatable bonds is 5. The molecule has 0 aromatic carbocycles. The van der Waals surface area contributed by atoms with E-state index in [0.717, 1.165) is 18.3 Å². The summed E-state index contributed by atoms with van der Waals surface area (Å²) < 4.78 is 44.8. The van der Waals surface area contributed by atoms with Crippen LogP contribution in [0.25, 0.3) is 0 Å². The van der Waals surface area contributed by atoms with Crippen LogP contribution in [-0.2, 0) is 26.0 Å². The van der Waals surface area contributed by atoms with Crippen LogP contribution in [0.4, 0.5) is 4.39 Å². The van der Waals surface area contributed by atoms with Gasteiger partial charge in [-0.05, 0) is 37.8 Å². The first-order valence-corrected chi connectivity index (χ1v) is 8.29. The molecule has 0 spiro atoms. The predicted octanol–water partition coefficient (Wildman–Crippen LogP) is 2.23. The van der Waals surface area contributed by atoms with Gasteiger partial charge in [0, 0.05) is 18.9 Å². The zero-order valence-electron chi connectivity index (χ0n) is 11.8. The van der Waals surface area contributed by atoms with Crippen LogP contribution in [0.2, 0.25) is 0 Å². The molecule has 1 rings (SSSR count). The first-order valence-electron chi connectivity index (χ1n) is 5.93. The third kappa shape index (κ3) is 5.18. The third-order valence-corrected chi connectivity index (χ3v) is 5.39. The molecule has 0 radical (unpaired) electrons. The minimum absolute atomic E-state index is 0.0437. The lowest BCUT2D eigenvalue weighted by Crippen LogP contribution is -2.40. The number of nitrogens with one attached hydrogen (secondary N) is 1. The molecule has 0 saturated carbocycles. The molecule has 0 aliphatic heterocycles. The van der Waals surface area contributed by atoms with Crippen molar-refractivity contribution in [3.63, 3.8) is 0 Å². The lowest BCUT2D eigenvalue weighted by molar-refractivity contribution is -0.154. The topological polar surface area (TPSA) is 72.5 Å². The second-order valence-electron chi connectivity index (χ2n) is 5.31. The molecule has 0 aliphatic carbocycles. The maximum Gasteiger partial charge on any atom is 0.305 e. The second kappa shape index (κ2) is 6.19. The molecule has 0 amide bonds.